The van der Waals surface area contributed by atoms with Crippen LogP contribution in [0.4, 0.5) is 24.9 Å². The lowest BCUT2D eigenvalue weighted by molar-refractivity contribution is -0.137. The van der Waals surface area contributed by atoms with Crippen molar-refractivity contribution in [1.82, 2.24) is 19.6 Å². The Hall–Kier alpha value is -3.17. The number of anilines is 2. The number of carbonyl (C=O) groups excluding carboxylic acids is 1. The summed E-state index contributed by atoms with van der Waals surface area (Å²) in [6, 6.07) is 4.96. The molecule has 1 amide bonds. The van der Waals surface area contributed by atoms with Crippen LogP contribution in [0.2, 0.25) is 0 Å². The van der Waals surface area contributed by atoms with Crippen molar-refractivity contribution in [3.63, 3.8) is 0 Å². The number of rotatable bonds is 4. The zero-order chi connectivity index (χ0) is 19.8. The standard InChI is InChI=1S/C17H17F3N6O/c1-9(2)22-13-6-12(17(18,19)20)7-14-23-16(25-26(13)14)24-15(27)11-5-4-10(3)21-8-11/h4-9,22H,1-3H3,(H,24,25,27). The Balaban J connectivity index is 1.97. The highest BCUT2D eigenvalue weighted by Gasteiger charge is 2.32. The molecule has 27 heavy (non-hydrogen) atoms. The first-order chi connectivity index (χ1) is 12.6. The van der Waals surface area contributed by atoms with Gasteiger partial charge >= 0.3 is 6.18 Å². The van der Waals surface area contributed by atoms with Crippen LogP contribution in [-0.2, 0) is 6.18 Å². The van der Waals surface area contributed by atoms with E-state index in [1.54, 1.807) is 32.9 Å². The topological polar surface area (TPSA) is 84.2 Å². The lowest BCUT2D eigenvalue weighted by Crippen LogP contribution is -2.16. The molecule has 0 aliphatic heterocycles. The largest absolute Gasteiger partial charge is 0.416 e. The van der Waals surface area contributed by atoms with E-state index in [0.717, 1.165) is 17.8 Å². The van der Waals surface area contributed by atoms with Gasteiger partial charge in [0.15, 0.2) is 5.65 Å². The minimum atomic E-state index is -4.53. The van der Waals surface area contributed by atoms with Gasteiger partial charge in [-0.15, -0.1) is 5.10 Å². The number of halogens is 3. The van der Waals surface area contributed by atoms with Crippen LogP contribution in [0.15, 0.2) is 30.5 Å². The van der Waals surface area contributed by atoms with Gasteiger partial charge < -0.3 is 5.32 Å². The highest BCUT2D eigenvalue weighted by molar-refractivity contribution is 6.03. The van der Waals surface area contributed by atoms with Crippen molar-refractivity contribution >= 4 is 23.3 Å². The zero-order valence-electron chi connectivity index (χ0n) is 14.8. The fourth-order valence-corrected chi connectivity index (χ4v) is 2.38. The summed E-state index contributed by atoms with van der Waals surface area (Å²) < 4.78 is 40.6. The Kier molecular flexibility index (Phi) is 4.73. The third kappa shape index (κ3) is 4.15. The Morgan fingerprint density at radius 2 is 1.96 bits per heavy atom. The first-order valence-electron chi connectivity index (χ1n) is 8.12. The van der Waals surface area contributed by atoms with Gasteiger partial charge in [-0.1, -0.05) is 0 Å². The molecular formula is C17H17F3N6O. The lowest BCUT2D eigenvalue weighted by atomic mass is 10.2. The van der Waals surface area contributed by atoms with E-state index < -0.39 is 17.6 Å². The molecule has 2 N–H and O–H groups in total. The fraction of sp³-hybridized carbons (Fsp3) is 0.294. The normalized spacial score (nSPS) is 11.8. The van der Waals surface area contributed by atoms with Gasteiger partial charge in [0.25, 0.3) is 5.91 Å². The maximum absolute atomic E-state index is 13.1. The summed E-state index contributed by atoms with van der Waals surface area (Å²) in [4.78, 5) is 20.3. The van der Waals surface area contributed by atoms with Crippen molar-refractivity contribution in [2.45, 2.75) is 33.0 Å². The van der Waals surface area contributed by atoms with E-state index in [-0.39, 0.29) is 29.0 Å². The Morgan fingerprint density at radius 1 is 1.22 bits per heavy atom. The zero-order valence-corrected chi connectivity index (χ0v) is 14.8. The van der Waals surface area contributed by atoms with Crippen LogP contribution >= 0.6 is 0 Å². The predicted molar refractivity (Wildman–Crippen MR) is 93.7 cm³/mol. The number of carbonyl (C=O) groups is 1. The summed E-state index contributed by atoms with van der Waals surface area (Å²) in [7, 11) is 0. The Labute approximate surface area is 152 Å². The quantitative estimate of drug-likeness (QED) is 0.726. The van der Waals surface area contributed by atoms with Gasteiger partial charge in [0.2, 0.25) is 5.95 Å². The van der Waals surface area contributed by atoms with E-state index in [1.165, 1.54) is 10.7 Å². The number of aromatic nitrogens is 4. The molecule has 0 aliphatic rings. The maximum Gasteiger partial charge on any atom is 0.416 e. The van der Waals surface area contributed by atoms with E-state index in [0.29, 0.717) is 0 Å². The number of pyridine rings is 2. The van der Waals surface area contributed by atoms with Crippen LogP contribution in [-0.4, -0.2) is 31.5 Å². The van der Waals surface area contributed by atoms with E-state index in [2.05, 4.69) is 25.7 Å². The maximum atomic E-state index is 13.1. The highest BCUT2D eigenvalue weighted by atomic mass is 19.4. The van der Waals surface area contributed by atoms with E-state index in [4.69, 9.17) is 0 Å². The molecule has 0 fully saturated rings. The number of fused-ring (bicyclic) bond motifs is 1. The van der Waals surface area contributed by atoms with E-state index in [1.807, 2.05) is 0 Å². The molecule has 3 rings (SSSR count). The minimum absolute atomic E-state index is 0.0368. The molecule has 0 atom stereocenters. The second kappa shape index (κ2) is 6.86. The molecule has 0 saturated carbocycles. The van der Waals surface area contributed by atoms with Gasteiger partial charge in [-0.2, -0.15) is 22.7 Å². The summed E-state index contributed by atoms with van der Waals surface area (Å²) in [5.74, 6) is -0.487. The summed E-state index contributed by atoms with van der Waals surface area (Å²) in [5, 5.41) is 9.47. The van der Waals surface area contributed by atoms with Crippen LogP contribution < -0.4 is 10.6 Å². The first kappa shape index (κ1) is 18.6. The first-order valence-corrected chi connectivity index (χ1v) is 8.12. The minimum Gasteiger partial charge on any atom is -0.368 e. The third-order valence-corrected chi connectivity index (χ3v) is 3.60. The molecule has 10 heteroatoms. The molecule has 7 nitrogen and oxygen atoms in total. The molecule has 142 valence electrons. The Morgan fingerprint density at radius 3 is 2.56 bits per heavy atom. The summed E-state index contributed by atoms with van der Waals surface area (Å²) in [5.41, 5.74) is 0.147. The van der Waals surface area contributed by atoms with Gasteiger partial charge in [-0.05, 0) is 45.0 Å². The van der Waals surface area contributed by atoms with Crippen molar-refractivity contribution in [3.8, 4) is 0 Å². The van der Waals surface area contributed by atoms with Crippen LogP contribution in [0, 0.1) is 6.92 Å². The van der Waals surface area contributed by atoms with Crippen molar-refractivity contribution in [2.24, 2.45) is 0 Å². The van der Waals surface area contributed by atoms with Gasteiger partial charge in [0.1, 0.15) is 5.82 Å². The molecule has 0 aromatic carbocycles. The summed E-state index contributed by atoms with van der Waals surface area (Å²) >= 11 is 0. The van der Waals surface area contributed by atoms with E-state index >= 15 is 0 Å². The van der Waals surface area contributed by atoms with Crippen LogP contribution in [0.25, 0.3) is 5.65 Å². The average Bonchev–Trinajstić information content (AvgIpc) is 2.96. The highest BCUT2D eigenvalue weighted by Crippen LogP contribution is 2.32. The van der Waals surface area contributed by atoms with Gasteiger partial charge in [0.05, 0.1) is 11.1 Å². The fourth-order valence-electron chi connectivity index (χ4n) is 2.38. The lowest BCUT2D eigenvalue weighted by Gasteiger charge is -2.14. The number of aryl methyl sites for hydroxylation is 1. The molecule has 3 aromatic heterocycles. The second-order valence-corrected chi connectivity index (χ2v) is 6.27. The molecule has 0 saturated heterocycles. The molecule has 0 unspecified atom stereocenters. The SMILES string of the molecule is Cc1ccc(C(=O)Nc2nc3cc(C(F)(F)F)cc(NC(C)C)n3n2)cn1. The number of hydrogen-bond donors (Lipinski definition) is 2. The molecule has 0 aliphatic carbocycles. The van der Waals surface area contributed by atoms with Crippen LogP contribution in [0.1, 0.15) is 35.5 Å². The third-order valence-electron chi connectivity index (χ3n) is 3.60. The molecular weight excluding hydrogens is 361 g/mol. The molecule has 0 bridgehead atoms. The van der Waals surface area contributed by atoms with Crippen LogP contribution in [0.5, 0.6) is 0 Å². The molecule has 0 spiro atoms. The van der Waals surface area contributed by atoms with E-state index in [9.17, 15) is 18.0 Å². The Bertz CT molecular complexity index is 979. The predicted octanol–water partition coefficient (Wildman–Crippen LogP) is 3.52. The number of nitrogens with zero attached hydrogens (tertiary/aromatic N) is 4. The van der Waals surface area contributed by atoms with Gasteiger partial charge in [0, 0.05) is 17.9 Å². The average molecular weight is 378 g/mol. The van der Waals surface area contributed by atoms with Crippen molar-refractivity contribution in [1.29, 1.82) is 0 Å². The number of amides is 1. The van der Waals surface area contributed by atoms with Crippen molar-refractivity contribution in [2.75, 3.05) is 10.6 Å². The number of nitrogens with one attached hydrogen (secondary N) is 2. The van der Waals surface area contributed by atoms with Crippen molar-refractivity contribution < 1.29 is 18.0 Å². The van der Waals surface area contributed by atoms with Gasteiger partial charge in [-0.25, -0.2) is 0 Å². The molecule has 3 aromatic rings. The smallest absolute Gasteiger partial charge is 0.368 e. The number of hydrogen-bond acceptors (Lipinski definition) is 5. The molecule has 3 heterocycles. The van der Waals surface area contributed by atoms with Gasteiger partial charge in [-0.3, -0.25) is 15.1 Å². The summed E-state index contributed by atoms with van der Waals surface area (Å²) in [6.07, 6.45) is -3.13. The second-order valence-electron chi connectivity index (χ2n) is 6.27. The number of alkyl halides is 3. The molecule has 0 radical (unpaired) electrons. The van der Waals surface area contributed by atoms with Crippen molar-refractivity contribution in [3.05, 3.63) is 47.3 Å². The van der Waals surface area contributed by atoms with Crippen LogP contribution in [0.3, 0.4) is 0 Å². The monoisotopic (exact) mass is 378 g/mol. The summed E-state index contributed by atoms with van der Waals surface area (Å²) in [6.45, 7) is 5.36.